The van der Waals surface area contributed by atoms with Crippen LogP contribution in [0, 0.1) is 35.0 Å². The van der Waals surface area contributed by atoms with Gasteiger partial charge in [-0.1, -0.05) is 69.9 Å². The molecule has 0 radical (unpaired) electrons. The number of carbonyl (C=O) groups is 4. The Hall–Kier alpha value is -6.76. The molecule has 1 unspecified atom stereocenters. The van der Waals surface area contributed by atoms with Gasteiger partial charge >= 0.3 is 12.2 Å². The van der Waals surface area contributed by atoms with Crippen LogP contribution in [0.3, 0.4) is 0 Å². The number of alkyl halides is 2. The van der Waals surface area contributed by atoms with Gasteiger partial charge in [0.1, 0.15) is 23.7 Å². The molecule has 2 bridgehead atoms. The highest BCUT2D eigenvalue weighted by molar-refractivity contribution is 5.89. The lowest BCUT2D eigenvalue weighted by Gasteiger charge is -2.51. The van der Waals surface area contributed by atoms with Gasteiger partial charge in [-0.25, -0.2) is 19.6 Å². The Morgan fingerprint density at radius 2 is 1.37 bits per heavy atom. The molecule has 14 nitrogen and oxygen atoms in total. The van der Waals surface area contributed by atoms with Crippen molar-refractivity contribution in [3.05, 3.63) is 83.6 Å². The molecule has 3 aliphatic carbocycles. The number of hydrogen-bond acceptors (Lipinski definition) is 8. The number of ether oxygens (including phenoxy) is 2. The first-order chi connectivity index (χ1) is 32.1. The summed E-state index contributed by atoms with van der Waals surface area (Å²) in [6.07, 6.45) is 5.65. The summed E-state index contributed by atoms with van der Waals surface area (Å²) < 4.78 is 43.1. The number of rotatable bonds is 10. The van der Waals surface area contributed by atoms with Crippen molar-refractivity contribution in [2.45, 2.75) is 102 Å². The van der Waals surface area contributed by atoms with Crippen LogP contribution in [0.2, 0.25) is 0 Å². The average molecular weight is 913 g/mol. The zero-order chi connectivity index (χ0) is 47.1. The number of aromatic amines is 2. The molecular weight excluding hydrogens is 859 g/mol. The second kappa shape index (κ2) is 16.5. The lowest BCUT2D eigenvalue weighted by molar-refractivity contribution is -0.149. The molecule has 4 N–H and O–H groups in total. The summed E-state index contributed by atoms with van der Waals surface area (Å²) in [5, 5.41) is 5.43. The molecule has 2 saturated carbocycles. The number of nitrogens with zero attached hydrogens (tertiary/aromatic N) is 4. The summed E-state index contributed by atoms with van der Waals surface area (Å²) in [4.78, 5) is 72.7. The first-order valence-electron chi connectivity index (χ1n) is 23.2. The second-order valence-electron chi connectivity index (χ2n) is 19.5. The molecule has 4 atom stereocenters. The summed E-state index contributed by atoms with van der Waals surface area (Å²) in [7, 11) is 2.53. The Balaban J connectivity index is 0.907. The van der Waals surface area contributed by atoms with Gasteiger partial charge in [0.05, 0.1) is 43.2 Å². The van der Waals surface area contributed by atoms with Crippen LogP contribution in [0.25, 0.3) is 44.5 Å². The minimum Gasteiger partial charge on any atom is -0.453 e. The minimum atomic E-state index is -3.31. The van der Waals surface area contributed by atoms with Gasteiger partial charge in [-0.3, -0.25) is 9.59 Å². The van der Waals surface area contributed by atoms with Gasteiger partial charge in [-0.05, 0) is 103 Å². The van der Waals surface area contributed by atoms with Crippen LogP contribution in [0.5, 0.6) is 0 Å². The van der Waals surface area contributed by atoms with E-state index in [1.165, 1.54) is 20.3 Å². The summed E-state index contributed by atoms with van der Waals surface area (Å²) in [6.45, 7) is 7.87. The van der Waals surface area contributed by atoms with Crippen LogP contribution >= 0.6 is 0 Å². The number of carbonyl (C=O) groups excluding carboxylic acids is 4. The average Bonchev–Trinajstić information content (AvgIpc) is 3.61. The van der Waals surface area contributed by atoms with Crippen LogP contribution in [0.15, 0.2) is 60.8 Å². The van der Waals surface area contributed by atoms with Crippen molar-refractivity contribution in [2.24, 2.45) is 23.2 Å². The largest absolute Gasteiger partial charge is 0.453 e. The SMILES string of the molecule is COC(=O)N[C@H](C(=O)N1C2CCC(CC2)C1c1nc2ccc(-c3ccc4c(c3)C(F)(F)c3cc(-c5cnc([C@@H]6C#CC7(CC7)CN6C(=O)[C@@H](NC(=O)OC)C(C)C)[nH]5)ccc3-4)cc2[nH]1)C(C)C. The monoisotopic (exact) mass is 912 g/mol. The molecule has 16 heteroatoms. The number of amides is 4. The standard InChI is InChI=1S/C51H54F2N8O6/c1-26(2)41(58-48(64)66-5)46(62)60-25-50(19-20-50)18-17-40(60)44-54-24-39(57-44)31-10-15-34-33-14-9-29(21-35(33)51(52,53)36(34)22-31)30-11-16-37-38(23-30)56-45(55-37)43-28-7-12-32(13-8-28)61(43)47(63)42(27(3)4)59-49(65)67-6/h9-11,14-16,21-24,26-28,32,40-43H,7-8,12-13,19-20,25H2,1-6H3,(H,54,57)(H,55,56)(H,58,64)(H,59,65)/t28?,32?,40-,41-,42-,43?/m0/s1. The molecule has 11 rings (SSSR count). The summed E-state index contributed by atoms with van der Waals surface area (Å²) in [6, 6.07) is 13.2. The predicted molar refractivity (Wildman–Crippen MR) is 245 cm³/mol. The third-order valence-corrected chi connectivity index (χ3v) is 14.6. The number of piperidine rings is 2. The molecule has 67 heavy (non-hydrogen) atoms. The van der Waals surface area contributed by atoms with E-state index in [4.69, 9.17) is 14.5 Å². The van der Waals surface area contributed by atoms with Crippen LogP contribution in [0.1, 0.15) is 101 Å². The molecule has 4 fully saturated rings. The lowest BCUT2D eigenvalue weighted by atomic mass is 9.73. The summed E-state index contributed by atoms with van der Waals surface area (Å²) in [5.41, 5.74) is 4.16. The maximum Gasteiger partial charge on any atom is 0.407 e. The van der Waals surface area contributed by atoms with Gasteiger partial charge in [-0.2, -0.15) is 8.78 Å². The topological polar surface area (TPSA) is 175 Å². The van der Waals surface area contributed by atoms with Gasteiger partial charge in [0.2, 0.25) is 11.8 Å². The van der Waals surface area contributed by atoms with E-state index >= 15 is 8.78 Å². The van der Waals surface area contributed by atoms with Gasteiger partial charge in [0.15, 0.2) is 6.04 Å². The Morgan fingerprint density at radius 3 is 2.00 bits per heavy atom. The van der Waals surface area contributed by atoms with Gasteiger partial charge in [0, 0.05) is 34.7 Å². The zero-order valence-corrected chi connectivity index (χ0v) is 38.3. The third kappa shape index (κ3) is 7.65. The number of halogens is 2. The zero-order valence-electron chi connectivity index (χ0n) is 38.3. The van der Waals surface area contributed by atoms with E-state index in [2.05, 4.69) is 37.4 Å². The molecule has 3 aromatic carbocycles. The highest BCUT2D eigenvalue weighted by Gasteiger charge is 2.51. The van der Waals surface area contributed by atoms with Crippen molar-refractivity contribution in [1.29, 1.82) is 0 Å². The summed E-state index contributed by atoms with van der Waals surface area (Å²) >= 11 is 0. The number of fused-ring (bicyclic) bond motifs is 7. The van der Waals surface area contributed by atoms with Crippen molar-refractivity contribution in [2.75, 3.05) is 20.8 Å². The summed E-state index contributed by atoms with van der Waals surface area (Å²) in [5.74, 6) is 3.68. The Kier molecular flexibility index (Phi) is 10.9. The predicted octanol–water partition coefficient (Wildman–Crippen LogP) is 8.61. The maximum absolute atomic E-state index is 16.7. The number of nitrogens with one attached hydrogen (secondary N) is 4. The highest BCUT2D eigenvalue weighted by atomic mass is 19.3. The number of methoxy groups -OCH3 is 2. The van der Waals surface area contributed by atoms with Crippen LogP contribution in [0.4, 0.5) is 18.4 Å². The molecule has 5 heterocycles. The van der Waals surface area contributed by atoms with E-state index in [0.29, 0.717) is 51.7 Å². The maximum atomic E-state index is 16.7. The molecule has 348 valence electrons. The second-order valence-corrected chi connectivity index (χ2v) is 19.5. The van der Waals surface area contributed by atoms with Crippen LogP contribution < -0.4 is 10.6 Å². The number of hydrogen-bond donors (Lipinski definition) is 4. The lowest BCUT2D eigenvalue weighted by Crippen LogP contribution is -2.59. The van der Waals surface area contributed by atoms with E-state index < -0.39 is 36.2 Å². The number of H-pyrrole nitrogens is 2. The Bertz CT molecular complexity index is 2880. The molecule has 3 aliphatic heterocycles. The van der Waals surface area contributed by atoms with Gasteiger partial charge < -0.3 is 39.9 Å². The van der Waals surface area contributed by atoms with Gasteiger partial charge in [-0.15, -0.1) is 0 Å². The van der Waals surface area contributed by atoms with Crippen molar-refractivity contribution in [3.63, 3.8) is 0 Å². The van der Waals surface area contributed by atoms with Crippen molar-refractivity contribution < 1.29 is 37.4 Å². The normalized spacial score (nSPS) is 22.5. The van der Waals surface area contributed by atoms with E-state index in [-0.39, 0.29) is 58.2 Å². The van der Waals surface area contributed by atoms with E-state index in [9.17, 15) is 19.2 Å². The molecule has 2 aromatic heterocycles. The molecule has 6 aliphatic rings. The first kappa shape index (κ1) is 44.1. The number of imidazole rings is 2. The fourth-order valence-electron chi connectivity index (χ4n) is 10.7. The molecule has 2 saturated heterocycles. The third-order valence-electron chi connectivity index (χ3n) is 14.6. The number of aromatic nitrogens is 4. The molecule has 4 amide bonds. The van der Waals surface area contributed by atoms with Crippen molar-refractivity contribution in [1.82, 2.24) is 40.4 Å². The molecule has 1 spiro atoms. The number of benzene rings is 3. The highest BCUT2D eigenvalue weighted by Crippen LogP contribution is 2.54. The molecular formula is C51H54F2N8O6. The van der Waals surface area contributed by atoms with E-state index in [1.807, 2.05) is 56.9 Å². The smallest absolute Gasteiger partial charge is 0.407 e. The fourth-order valence-corrected chi connectivity index (χ4v) is 10.7. The fraction of sp³-hybridized carbons (Fsp3) is 0.451. The van der Waals surface area contributed by atoms with Crippen molar-refractivity contribution >= 4 is 35.0 Å². The minimum absolute atomic E-state index is 0.0218. The Morgan fingerprint density at radius 1 is 0.776 bits per heavy atom. The van der Waals surface area contributed by atoms with E-state index in [0.717, 1.165) is 49.6 Å². The quantitative estimate of drug-likeness (QED) is 0.101. The van der Waals surface area contributed by atoms with Gasteiger partial charge in [0.25, 0.3) is 5.92 Å². The molecule has 5 aromatic rings. The van der Waals surface area contributed by atoms with Crippen LogP contribution in [-0.4, -0.2) is 92.6 Å². The van der Waals surface area contributed by atoms with Crippen LogP contribution in [-0.2, 0) is 25.0 Å². The first-order valence-corrected chi connectivity index (χ1v) is 23.2. The number of alkyl carbamates (subject to hydrolysis) is 2. The Labute approximate surface area is 387 Å². The van der Waals surface area contributed by atoms with E-state index in [1.54, 1.807) is 35.4 Å². The van der Waals surface area contributed by atoms with Crippen molar-refractivity contribution in [3.8, 4) is 45.4 Å².